The second kappa shape index (κ2) is 6.59. The van der Waals surface area contributed by atoms with Crippen LogP contribution in [-0.2, 0) is 16.1 Å². The number of ether oxygens (including phenoxy) is 1. The lowest BCUT2D eigenvalue weighted by atomic mass is 10.1. The Morgan fingerprint density at radius 1 is 1.57 bits per heavy atom. The third kappa shape index (κ3) is 3.73. The maximum atomic E-state index is 12.0. The van der Waals surface area contributed by atoms with Crippen LogP contribution in [0.3, 0.4) is 0 Å². The molecule has 0 unspecified atom stereocenters. The Bertz CT molecular complexity index is 604. The van der Waals surface area contributed by atoms with Crippen molar-refractivity contribution in [2.75, 3.05) is 13.7 Å². The van der Waals surface area contributed by atoms with Gasteiger partial charge in [-0.3, -0.25) is 4.79 Å². The first kappa shape index (κ1) is 15.3. The van der Waals surface area contributed by atoms with E-state index < -0.39 is 0 Å². The normalized spacial score (nSPS) is 14.9. The van der Waals surface area contributed by atoms with E-state index in [1.807, 2.05) is 26.0 Å². The Morgan fingerprint density at radius 2 is 2.29 bits per heavy atom. The van der Waals surface area contributed by atoms with Gasteiger partial charge < -0.3 is 14.6 Å². The molecule has 1 amide bonds. The molecule has 0 bridgehead atoms. The van der Waals surface area contributed by atoms with Gasteiger partial charge in [0.25, 0.3) is 5.91 Å². The fourth-order valence-electron chi connectivity index (χ4n) is 2.30. The number of hydrogen-bond acceptors (Lipinski definition) is 3. The molecule has 0 saturated heterocycles. The van der Waals surface area contributed by atoms with Crippen molar-refractivity contribution in [3.05, 3.63) is 28.6 Å². The first-order valence-corrected chi connectivity index (χ1v) is 7.15. The molecule has 1 aromatic rings. The first-order chi connectivity index (χ1) is 10.1. The van der Waals surface area contributed by atoms with E-state index in [9.17, 15) is 10.1 Å². The summed E-state index contributed by atoms with van der Waals surface area (Å²) < 4.78 is 7.23. The molecular weight excluding hydrogens is 266 g/mol. The van der Waals surface area contributed by atoms with Gasteiger partial charge in [0.15, 0.2) is 0 Å². The number of nitrogens with zero attached hydrogens (tertiary/aromatic N) is 2. The number of nitrogens with one attached hydrogen (secondary N) is 1. The summed E-state index contributed by atoms with van der Waals surface area (Å²) in [5.74, 6) is -0.276. The second-order valence-electron chi connectivity index (χ2n) is 5.39. The van der Waals surface area contributed by atoms with E-state index in [-0.39, 0.29) is 17.5 Å². The number of amides is 1. The Balaban J connectivity index is 2.21. The van der Waals surface area contributed by atoms with Crippen LogP contribution in [0.25, 0.3) is 6.08 Å². The number of hydrogen-bond donors (Lipinski definition) is 1. The molecule has 5 nitrogen and oxygen atoms in total. The summed E-state index contributed by atoms with van der Waals surface area (Å²) in [5.41, 5.74) is 3.20. The fraction of sp³-hybridized carbons (Fsp3) is 0.500. The van der Waals surface area contributed by atoms with E-state index in [1.54, 1.807) is 13.2 Å². The molecule has 0 aromatic carbocycles. The van der Waals surface area contributed by atoms with Gasteiger partial charge in [0.05, 0.1) is 6.61 Å². The molecule has 1 aromatic heterocycles. The van der Waals surface area contributed by atoms with Crippen LogP contribution in [-0.4, -0.2) is 30.2 Å². The van der Waals surface area contributed by atoms with Crippen molar-refractivity contribution < 1.29 is 9.53 Å². The van der Waals surface area contributed by atoms with Crippen LogP contribution in [0.1, 0.15) is 29.8 Å². The highest BCUT2D eigenvalue weighted by Gasteiger charge is 2.24. The van der Waals surface area contributed by atoms with Crippen molar-refractivity contribution in [2.45, 2.75) is 39.3 Å². The van der Waals surface area contributed by atoms with Gasteiger partial charge >= 0.3 is 0 Å². The van der Waals surface area contributed by atoms with Crippen molar-refractivity contribution in [1.29, 1.82) is 5.26 Å². The highest BCUT2D eigenvalue weighted by Crippen LogP contribution is 2.21. The summed E-state index contributed by atoms with van der Waals surface area (Å²) in [6, 6.07) is 4.24. The number of aromatic nitrogens is 1. The maximum Gasteiger partial charge on any atom is 0.262 e. The minimum Gasteiger partial charge on any atom is -0.383 e. The topological polar surface area (TPSA) is 67.0 Å². The lowest BCUT2D eigenvalue weighted by Crippen LogP contribution is -2.26. The Morgan fingerprint density at radius 3 is 2.86 bits per heavy atom. The van der Waals surface area contributed by atoms with Crippen LogP contribution in [0.15, 0.2) is 11.6 Å². The van der Waals surface area contributed by atoms with Gasteiger partial charge in [0.1, 0.15) is 11.6 Å². The number of methoxy groups -OCH3 is 1. The van der Waals surface area contributed by atoms with E-state index in [0.717, 1.165) is 36.3 Å². The van der Waals surface area contributed by atoms with Gasteiger partial charge in [-0.2, -0.15) is 5.26 Å². The summed E-state index contributed by atoms with van der Waals surface area (Å²) in [4.78, 5) is 12.0. The Labute approximate surface area is 125 Å². The lowest BCUT2D eigenvalue weighted by molar-refractivity contribution is -0.117. The number of aryl methyl sites for hydroxylation is 1. The molecule has 0 aliphatic heterocycles. The average Bonchev–Trinajstić information content (AvgIpc) is 3.22. The third-order valence-electron chi connectivity index (χ3n) is 3.71. The molecule has 5 heteroatoms. The largest absolute Gasteiger partial charge is 0.383 e. The highest BCUT2D eigenvalue weighted by molar-refractivity contribution is 6.02. The predicted octanol–water partition coefficient (Wildman–Crippen LogP) is 1.94. The molecule has 21 heavy (non-hydrogen) atoms. The lowest BCUT2D eigenvalue weighted by Gasteiger charge is -2.08. The number of carbonyl (C=O) groups excluding carboxylic acids is 1. The molecule has 112 valence electrons. The minimum absolute atomic E-state index is 0.161. The summed E-state index contributed by atoms with van der Waals surface area (Å²) >= 11 is 0. The molecule has 1 aliphatic rings. The van der Waals surface area contributed by atoms with Crippen LogP contribution in [0.4, 0.5) is 0 Å². The highest BCUT2D eigenvalue weighted by atomic mass is 16.5. The van der Waals surface area contributed by atoms with Crippen LogP contribution in [0.2, 0.25) is 0 Å². The second-order valence-corrected chi connectivity index (χ2v) is 5.39. The molecule has 1 aliphatic carbocycles. The van der Waals surface area contributed by atoms with Crippen LogP contribution < -0.4 is 5.32 Å². The zero-order valence-corrected chi connectivity index (χ0v) is 12.8. The average molecular weight is 287 g/mol. The molecule has 1 saturated carbocycles. The van der Waals surface area contributed by atoms with E-state index in [2.05, 4.69) is 9.88 Å². The Kier molecular flexibility index (Phi) is 4.81. The molecule has 1 N–H and O–H groups in total. The molecular formula is C16H21N3O2. The monoisotopic (exact) mass is 287 g/mol. The molecule has 0 atom stereocenters. The number of carbonyl (C=O) groups is 1. The van der Waals surface area contributed by atoms with Gasteiger partial charge in [0.2, 0.25) is 0 Å². The maximum absolute atomic E-state index is 12.0. The molecule has 0 radical (unpaired) electrons. The summed E-state index contributed by atoms with van der Waals surface area (Å²) in [7, 11) is 1.67. The third-order valence-corrected chi connectivity index (χ3v) is 3.71. The van der Waals surface area contributed by atoms with Crippen molar-refractivity contribution in [3.63, 3.8) is 0 Å². The SMILES string of the molecule is COCCn1c(C)cc(/C=C(/C#N)C(=O)NC2CC2)c1C. The molecule has 1 heterocycles. The van der Waals surface area contributed by atoms with Crippen molar-refractivity contribution in [2.24, 2.45) is 0 Å². The molecule has 1 fully saturated rings. The quantitative estimate of drug-likeness (QED) is 0.642. The first-order valence-electron chi connectivity index (χ1n) is 7.15. The van der Waals surface area contributed by atoms with Crippen LogP contribution >= 0.6 is 0 Å². The summed E-state index contributed by atoms with van der Waals surface area (Å²) in [5, 5.41) is 12.0. The minimum atomic E-state index is -0.276. The number of nitriles is 1. The van der Waals surface area contributed by atoms with Crippen molar-refractivity contribution in [1.82, 2.24) is 9.88 Å². The molecule has 2 rings (SSSR count). The van der Waals surface area contributed by atoms with E-state index >= 15 is 0 Å². The molecule has 0 spiro atoms. The van der Waals surface area contributed by atoms with E-state index in [1.165, 1.54) is 0 Å². The van der Waals surface area contributed by atoms with Gasteiger partial charge in [-0.15, -0.1) is 0 Å². The zero-order chi connectivity index (χ0) is 15.4. The van der Waals surface area contributed by atoms with Gasteiger partial charge in [0, 0.05) is 31.1 Å². The van der Waals surface area contributed by atoms with Crippen molar-refractivity contribution >= 4 is 12.0 Å². The predicted molar refractivity (Wildman–Crippen MR) is 80.5 cm³/mol. The smallest absolute Gasteiger partial charge is 0.262 e. The van der Waals surface area contributed by atoms with Gasteiger partial charge in [-0.25, -0.2) is 0 Å². The van der Waals surface area contributed by atoms with E-state index in [0.29, 0.717) is 6.61 Å². The zero-order valence-electron chi connectivity index (χ0n) is 12.8. The van der Waals surface area contributed by atoms with Crippen LogP contribution in [0.5, 0.6) is 0 Å². The number of rotatable bonds is 6. The van der Waals surface area contributed by atoms with Gasteiger partial charge in [-0.1, -0.05) is 0 Å². The fourth-order valence-corrected chi connectivity index (χ4v) is 2.30. The standard InChI is InChI=1S/C16H21N3O2/c1-11-8-13(12(2)19(11)6-7-21-3)9-14(10-17)16(20)18-15-4-5-15/h8-9,15H,4-7H2,1-3H3,(H,18,20)/b14-9-. The summed E-state index contributed by atoms with van der Waals surface area (Å²) in [6.45, 7) is 5.39. The Hall–Kier alpha value is -2.06. The van der Waals surface area contributed by atoms with Crippen LogP contribution in [0, 0.1) is 25.2 Å². The van der Waals surface area contributed by atoms with Gasteiger partial charge in [-0.05, 0) is 44.4 Å². The van der Waals surface area contributed by atoms with E-state index in [4.69, 9.17) is 4.74 Å². The summed E-state index contributed by atoms with van der Waals surface area (Å²) in [6.07, 6.45) is 3.69. The van der Waals surface area contributed by atoms with Crippen molar-refractivity contribution in [3.8, 4) is 6.07 Å².